The van der Waals surface area contributed by atoms with E-state index in [1.165, 1.54) is 0 Å². The number of aryl methyl sites for hydroxylation is 1. The number of nitriles is 1. The van der Waals surface area contributed by atoms with E-state index >= 15 is 0 Å². The average molecular weight is 511 g/mol. The average Bonchev–Trinajstić information content (AvgIpc) is 3.47. The van der Waals surface area contributed by atoms with E-state index in [9.17, 15) is 10.1 Å². The van der Waals surface area contributed by atoms with E-state index in [4.69, 9.17) is 14.0 Å². The molecule has 0 bridgehead atoms. The number of nitrogens with one attached hydrogen (secondary N) is 1. The molecule has 0 saturated heterocycles. The van der Waals surface area contributed by atoms with Gasteiger partial charge in [0.2, 0.25) is 5.95 Å². The third-order valence-electron chi connectivity index (χ3n) is 6.49. The molecule has 10 nitrogen and oxygen atoms in total. The molecule has 0 spiro atoms. The van der Waals surface area contributed by atoms with Gasteiger partial charge >= 0.3 is 5.97 Å². The highest BCUT2D eigenvalue weighted by molar-refractivity contribution is 6.06. The minimum atomic E-state index is -0.402. The fraction of sp³-hybridized carbons (Fsp3) is 0.250. The maximum Gasteiger partial charge on any atom is 0.313 e. The van der Waals surface area contributed by atoms with E-state index in [2.05, 4.69) is 27.4 Å². The summed E-state index contributed by atoms with van der Waals surface area (Å²) in [6, 6.07) is 13.6. The van der Waals surface area contributed by atoms with E-state index in [1.54, 1.807) is 20.2 Å². The molecule has 0 aliphatic heterocycles. The largest absolute Gasteiger partial charge is 0.496 e. The molecular formula is C28H26N6O4. The van der Waals surface area contributed by atoms with Crippen LogP contribution in [0.4, 0.5) is 5.95 Å². The van der Waals surface area contributed by atoms with Gasteiger partial charge in [0, 0.05) is 10.9 Å². The van der Waals surface area contributed by atoms with Crippen LogP contribution in [0.1, 0.15) is 36.9 Å². The van der Waals surface area contributed by atoms with Crippen LogP contribution in [0.5, 0.6) is 5.75 Å². The van der Waals surface area contributed by atoms with Crippen molar-refractivity contribution in [3.8, 4) is 23.1 Å². The first-order valence-electron chi connectivity index (χ1n) is 12.2. The Balaban J connectivity index is 1.74. The molecule has 5 rings (SSSR count). The predicted molar refractivity (Wildman–Crippen MR) is 142 cm³/mol. The molecule has 10 heteroatoms. The second-order valence-electron chi connectivity index (χ2n) is 8.74. The zero-order valence-corrected chi connectivity index (χ0v) is 21.5. The first kappa shape index (κ1) is 24.8. The highest BCUT2D eigenvalue weighted by Gasteiger charge is 2.25. The highest BCUT2D eigenvalue weighted by Crippen LogP contribution is 2.40. The summed E-state index contributed by atoms with van der Waals surface area (Å²) in [5.74, 6) is 0.963. The first-order valence-corrected chi connectivity index (χ1v) is 12.2. The van der Waals surface area contributed by atoms with Gasteiger partial charge in [-0.05, 0) is 38.5 Å². The van der Waals surface area contributed by atoms with E-state index in [0.29, 0.717) is 45.3 Å². The number of pyridine rings is 1. The maximum atomic E-state index is 12.2. The van der Waals surface area contributed by atoms with Crippen LogP contribution in [-0.4, -0.2) is 39.4 Å². The summed E-state index contributed by atoms with van der Waals surface area (Å²) in [6.45, 7) is 5.89. The van der Waals surface area contributed by atoms with Crippen molar-refractivity contribution in [3.05, 3.63) is 65.7 Å². The quantitative estimate of drug-likeness (QED) is 0.171. The minimum absolute atomic E-state index is 0.0534. The Morgan fingerprint density at radius 2 is 2.03 bits per heavy atom. The lowest BCUT2D eigenvalue weighted by Gasteiger charge is -2.18. The zero-order chi connectivity index (χ0) is 26.8. The molecule has 0 aliphatic carbocycles. The van der Waals surface area contributed by atoms with Gasteiger partial charge in [-0.25, -0.2) is 4.98 Å². The second kappa shape index (κ2) is 10.2. The first-order chi connectivity index (χ1) is 18.5. The van der Waals surface area contributed by atoms with Gasteiger partial charge in [0.15, 0.2) is 12.0 Å². The SMILES string of the molecule is CCOC(=O)Cc1onc(C)c1-c1cc2ncc3nc(NC#N)n([C@H](C)c4ccccc4)c3c2cc1OC. The van der Waals surface area contributed by atoms with Crippen molar-refractivity contribution in [1.82, 2.24) is 19.7 Å². The molecule has 1 N–H and O–H groups in total. The molecule has 38 heavy (non-hydrogen) atoms. The number of hydrogen-bond donors (Lipinski definition) is 1. The topological polar surface area (TPSA) is 128 Å². The van der Waals surface area contributed by atoms with Gasteiger partial charge in [-0.1, -0.05) is 35.5 Å². The summed E-state index contributed by atoms with van der Waals surface area (Å²) in [4.78, 5) is 21.5. The summed E-state index contributed by atoms with van der Waals surface area (Å²) in [5.41, 5.74) is 5.16. The molecule has 0 amide bonds. The summed E-state index contributed by atoms with van der Waals surface area (Å²) in [5, 5.41) is 17.0. The number of benzene rings is 2. The molecule has 0 aliphatic rings. The van der Waals surface area contributed by atoms with E-state index in [1.807, 2.05) is 60.1 Å². The Morgan fingerprint density at radius 1 is 1.24 bits per heavy atom. The number of nitrogens with zero attached hydrogens (tertiary/aromatic N) is 5. The molecule has 1 atom stereocenters. The number of rotatable bonds is 8. The number of carbonyl (C=O) groups is 1. The number of fused-ring (bicyclic) bond motifs is 3. The molecule has 3 heterocycles. The number of esters is 1. The molecule has 3 aromatic heterocycles. The van der Waals surface area contributed by atoms with Gasteiger partial charge < -0.3 is 18.6 Å². The molecular weight excluding hydrogens is 484 g/mol. The zero-order valence-electron chi connectivity index (χ0n) is 21.5. The fourth-order valence-electron chi connectivity index (χ4n) is 4.79. The van der Waals surface area contributed by atoms with E-state index < -0.39 is 5.97 Å². The summed E-state index contributed by atoms with van der Waals surface area (Å²) < 4.78 is 18.4. The summed E-state index contributed by atoms with van der Waals surface area (Å²) in [6.07, 6.45) is 3.63. The number of carbonyl (C=O) groups excluding carboxylic acids is 1. The Morgan fingerprint density at radius 3 is 2.74 bits per heavy atom. The van der Waals surface area contributed by atoms with Gasteiger partial charge in [-0.2, -0.15) is 5.26 Å². The Hall–Kier alpha value is -4.91. The molecule has 0 radical (unpaired) electrons. The molecule has 0 saturated carbocycles. The molecule has 192 valence electrons. The number of hydrogen-bond acceptors (Lipinski definition) is 9. The molecule has 5 aromatic rings. The van der Waals surface area contributed by atoms with E-state index in [-0.39, 0.29) is 19.1 Å². The number of aromatic nitrogens is 4. The van der Waals surface area contributed by atoms with Crippen LogP contribution >= 0.6 is 0 Å². The van der Waals surface area contributed by atoms with Crippen molar-refractivity contribution in [3.63, 3.8) is 0 Å². The third kappa shape index (κ3) is 4.28. The number of ether oxygens (including phenoxy) is 2. The van der Waals surface area contributed by atoms with Crippen LogP contribution in [0.2, 0.25) is 0 Å². The fourth-order valence-corrected chi connectivity index (χ4v) is 4.79. The van der Waals surface area contributed by atoms with E-state index in [0.717, 1.165) is 16.5 Å². The predicted octanol–water partition coefficient (Wildman–Crippen LogP) is 5.16. The second-order valence-corrected chi connectivity index (χ2v) is 8.74. The van der Waals surface area contributed by atoms with Crippen LogP contribution < -0.4 is 10.1 Å². The van der Waals surface area contributed by atoms with Crippen LogP contribution in [0.15, 0.2) is 53.2 Å². The van der Waals surface area contributed by atoms with Crippen LogP contribution in [0.3, 0.4) is 0 Å². The molecule has 2 aromatic carbocycles. The number of anilines is 1. The molecule has 0 unspecified atom stereocenters. The standard InChI is InChI=1S/C28H26N6O4/c1-5-37-25(35)13-24-26(16(2)33-38-24)20-11-21-19(12-23(20)36-4)27-22(14-30-21)32-28(31-15-29)34(27)17(3)18-9-7-6-8-10-18/h6-12,14,17H,5,13H2,1-4H3,(H,31,32)/t17-/m1/s1. The van der Waals surface area contributed by atoms with Crippen molar-refractivity contribution in [2.45, 2.75) is 33.2 Å². The monoisotopic (exact) mass is 510 g/mol. The van der Waals surface area contributed by atoms with Gasteiger partial charge in [-0.3, -0.25) is 15.1 Å². The van der Waals surface area contributed by atoms with Crippen molar-refractivity contribution in [2.75, 3.05) is 19.0 Å². The van der Waals surface area contributed by atoms with Crippen molar-refractivity contribution in [1.29, 1.82) is 5.26 Å². The normalized spacial score (nSPS) is 11.9. The Bertz CT molecular complexity index is 1680. The Kier molecular flexibility index (Phi) is 6.66. The van der Waals surface area contributed by atoms with Crippen molar-refractivity contribution >= 4 is 33.9 Å². The Labute approximate surface area is 218 Å². The van der Waals surface area contributed by atoms with Crippen LogP contribution in [0.25, 0.3) is 33.1 Å². The lowest BCUT2D eigenvalue weighted by molar-refractivity contribution is -0.142. The third-order valence-corrected chi connectivity index (χ3v) is 6.49. The summed E-state index contributed by atoms with van der Waals surface area (Å²) >= 11 is 0. The van der Waals surface area contributed by atoms with Crippen LogP contribution in [0, 0.1) is 18.4 Å². The maximum absolute atomic E-state index is 12.2. The number of imidazole rings is 1. The number of methoxy groups -OCH3 is 1. The lowest BCUT2D eigenvalue weighted by Crippen LogP contribution is -2.10. The minimum Gasteiger partial charge on any atom is -0.496 e. The van der Waals surface area contributed by atoms with Gasteiger partial charge in [0.25, 0.3) is 0 Å². The lowest BCUT2D eigenvalue weighted by atomic mass is 9.99. The van der Waals surface area contributed by atoms with Gasteiger partial charge in [-0.15, -0.1) is 0 Å². The summed E-state index contributed by atoms with van der Waals surface area (Å²) in [7, 11) is 1.58. The molecule has 0 fully saturated rings. The smallest absolute Gasteiger partial charge is 0.313 e. The van der Waals surface area contributed by atoms with Gasteiger partial charge in [0.1, 0.15) is 17.7 Å². The van der Waals surface area contributed by atoms with Gasteiger partial charge in [0.05, 0.1) is 48.2 Å². The highest BCUT2D eigenvalue weighted by atomic mass is 16.5. The van der Waals surface area contributed by atoms with Crippen molar-refractivity contribution < 1.29 is 18.8 Å². The van der Waals surface area contributed by atoms with Crippen molar-refractivity contribution in [2.24, 2.45) is 0 Å². The van der Waals surface area contributed by atoms with Crippen LogP contribution in [-0.2, 0) is 16.0 Å².